The molecule has 0 radical (unpaired) electrons. The lowest BCUT2D eigenvalue weighted by atomic mass is 10.1. The monoisotopic (exact) mass is 209 g/mol. The number of nitrogens with two attached hydrogens (primary N) is 1. The number of hydrogen-bond donors (Lipinski definition) is 1. The molecule has 0 unspecified atom stereocenters. The molecular formula is C11H15NO3. The lowest BCUT2D eigenvalue weighted by molar-refractivity contribution is -0.0454. The minimum absolute atomic E-state index is 0.299. The average Bonchev–Trinajstić information content (AvgIpc) is 2.81. The van der Waals surface area contributed by atoms with E-state index in [-0.39, 0.29) is 6.29 Å². The minimum atomic E-state index is -0.299. The van der Waals surface area contributed by atoms with Crippen molar-refractivity contribution in [3.8, 4) is 5.75 Å². The Labute approximate surface area is 88.9 Å². The number of hydrogen-bond acceptors (Lipinski definition) is 4. The highest BCUT2D eigenvalue weighted by atomic mass is 16.7. The van der Waals surface area contributed by atoms with Gasteiger partial charge in [0.25, 0.3) is 0 Å². The molecule has 4 heteroatoms. The molecule has 1 aliphatic rings. The number of benzene rings is 1. The SMILES string of the molecule is COc1cc(CN)ccc1C1OCCO1. The Morgan fingerprint density at radius 1 is 1.40 bits per heavy atom. The number of ether oxygens (including phenoxy) is 3. The van der Waals surface area contributed by atoms with Crippen molar-refractivity contribution in [1.82, 2.24) is 0 Å². The Hall–Kier alpha value is -1.10. The van der Waals surface area contributed by atoms with Crippen molar-refractivity contribution < 1.29 is 14.2 Å². The van der Waals surface area contributed by atoms with Gasteiger partial charge in [-0.15, -0.1) is 0 Å². The van der Waals surface area contributed by atoms with Crippen molar-refractivity contribution in [1.29, 1.82) is 0 Å². The van der Waals surface area contributed by atoms with Crippen LogP contribution < -0.4 is 10.5 Å². The molecule has 82 valence electrons. The van der Waals surface area contributed by atoms with Gasteiger partial charge in [-0.05, 0) is 17.7 Å². The number of methoxy groups -OCH3 is 1. The van der Waals surface area contributed by atoms with E-state index in [0.29, 0.717) is 19.8 Å². The van der Waals surface area contributed by atoms with E-state index in [1.165, 1.54) is 0 Å². The summed E-state index contributed by atoms with van der Waals surface area (Å²) in [6, 6.07) is 5.82. The molecule has 1 saturated heterocycles. The van der Waals surface area contributed by atoms with E-state index in [2.05, 4.69) is 0 Å². The normalized spacial score (nSPS) is 16.9. The molecule has 15 heavy (non-hydrogen) atoms. The van der Waals surface area contributed by atoms with Gasteiger partial charge >= 0.3 is 0 Å². The molecule has 1 aromatic rings. The van der Waals surface area contributed by atoms with Crippen molar-refractivity contribution in [2.45, 2.75) is 12.8 Å². The van der Waals surface area contributed by atoms with Crippen LogP contribution in [0.3, 0.4) is 0 Å². The first-order valence-electron chi connectivity index (χ1n) is 4.95. The largest absolute Gasteiger partial charge is 0.496 e. The molecule has 1 aliphatic heterocycles. The van der Waals surface area contributed by atoms with Gasteiger partial charge in [0.2, 0.25) is 0 Å². The predicted molar refractivity (Wildman–Crippen MR) is 55.5 cm³/mol. The molecule has 0 saturated carbocycles. The summed E-state index contributed by atoms with van der Waals surface area (Å²) < 4.78 is 16.1. The van der Waals surface area contributed by atoms with Gasteiger partial charge in [0.1, 0.15) is 5.75 Å². The van der Waals surface area contributed by atoms with Crippen molar-refractivity contribution in [3.05, 3.63) is 29.3 Å². The first kappa shape index (κ1) is 10.4. The summed E-state index contributed by atoms with van der Waals surface area (Å²) in [4.78, 5) is 0. The molecule has 0 bridgehead atoms. The van der Waals surface area contributed by atoms with Gasteiger partial charge in [0.05, 0.1) is 20.3 Å². The Morgan fingerprint density at radius 3 is 2.73 bits per heavy atom. The van der Waals surface area contributed by atoms with Crippen LogP contribution in [0, 0.1) is 0 Å². The van der Waals surface area contributed by atoms with E-state index >= 15 is 0 Å². The molecular weight excluding hydrogens is 194 g/mol. The summed E-state index contributed by atoms with van der Waals surface area (Å²) in [5.74, 6) is 0.768. The van der Waals surface area contributed by atoms with Gasteiger partial charge in [-0.1, -0.05) is 6.07 Å². The summed E-state index contributed by atoms with van der Waals surface area (Å²) >= 11 is 0. The van der Waals surface area contributed by atoms with Crippen LogP contribution in [0.5, 0.6) is 5.75 Å². The smallest absolute Gasteiger partial charge is 0.187 e. The van der Waals surface area contributed by atoms with Gasteiger partial charge < -0.3 is 19.9 Å². The van der Waals surface area contributed by atoms with Crippen LogP contribution in [-0.2, 0) is 16.0 Å². The highest BCUT2D eigenvalue weighted by Gasteiger charge is 2.21. The van der Waals surface area contributed by atoms with E-state index in [9.17, 15) is 0 Å². The van der Waals surface area contributed by atoms with Crippen LogP contribution in [-0.4, -0.2) is 20.3 Å². The fourth-order valence-electron chi connectivity index (χ4n) is 1.62. The molecule has 4 nitrogen and oxygen atoms in total. The van der Waals surface area contributed by atoms with Crippen molar-refractivity contribution >= 4 is 0 Å². The summed E-state index contributed by atoms with van der Waals surface area (Å²) in [6.07, 6.45) is -0.299. The first-order chi connectivity index (χ1) is 7.35. The maximum absolute atomic E-state index is 5.56. The van der Waals surface area contributed by atoms with Crippen molar-refractivity contribution in [2.24, 2.45) is 5.73 Å². The minimum Gasteiger partial charge on any atom is -0.496 e. The van der Waals surface area contributed by atoms with E-state index in [1.54, 1.807) is 7.11 Å². The zero-order chi connectivity index (χ0) is 10.7. The molecule has 0 spiro atoms. The molecule has 0 aromatic heterocycles. The number of rotatable bonds is 3. The first-order valence-corrected chi connectivity index (χ1v) is 4.95. The molecule has 0 amide bonds. The second-order valence-electron chi connectivity index (χ2n) is 3.35. The van der Waals surface area contributed by atoms with E-state index in [4.69, 9.17) is 19.9 Å². The Kier molecular flexibility index (Phi) is 3.20. The second kappa shape index (κ2) is 4.61. The summed E-state index contributed by atoms with van der Waals surface area (Å²) in [5.41, 5.74) is 7.52. The predicted octanol–water partition coefficient (Wildman–Crippen LogP) is 1.20. The summed E-state index contributed by atoms with van der Waals surface area (Å²) in [7, 11) is 1.63. The second-order valence-corrected chi connectivity index (χ2v) is 3.35. The summed E-state index contributed by atoms with van der Waals surface area (Å²) in [5, 5.41) is 0. The van der Waals surface area contributed by atoms with Gasteiger partial charge in [-0.2, -0.15) is 0 Å². The lowest BCUT2D eigenvalue weighted by Crippen LogP contribution is -2.03. The lowest BCUT2D eigenvalue weighted by Gasteiger charge is -2.14. The quantitative estimate of drug-likeness (QED) is 0.812. The van der Waals surface area contributed by atoms with Crippen molar-refractivity contribution in [3.63, 3.8) is 0 Å². The van der Waals surface area contributed by atoms with Crippen LogP contribution in [0.15, 0.2) is 18.2 Å². The van der Waals surface area contributed by atoms with Gasteiger partial charge in [0.15, 0.2) is 6.29 Å². The molecule has 1 aromatic carbocycles. The highest BCUT2D eigenvalue weighted by Crippen LogP contribution is 2.31. The third-order valence-corrected chi connectivity index (χ3v) is 2.41. The Balaban J connectivity index is 2.29. The van der Waals surface area contributed by atoms with Crippen molar-refractivity contribution in [2.75, 3.05) is 20.3 Å². The standard InChI is InChI=1S/C11H15NO3/c1-13-10-6-8(7-12)2-3-9(10)11-14-4-5-15-11/h2-3,6,11H,4-5,7,12H2,1H3. The van der Waals surface area contributed by atoms with Gasteiger partial charge in [-0.25, -0.2) is 0 Å². The van der Waals surface area contributed by atoms with Crippen LogP contribution in [0.25, 0.3) is 0 Å². The molecule has 0 aliphatic carbocycles. The maximum Gasteiger partial charge on any atom is 0.187 e. The van der Waals surface area contributed by atoms with Crippen LogP contribution in [0.1, 0.15) is 17.4 Å². The van der Waals surface area contributed by atoms with Gasteiger partial charge in [-0.3, -0.25) is 0 Å². The fourth-order valence-corrected chi connectivity index (χ4v) is 1.62. The molecule has 1 fully saturated rings. The van der Waals surface area contributed by atoms with E-state index < -0.39 is 0 Å². The van der Waals surface area contributed by atoms with Gasteiger partial charge in [0, 0.05) is 12.1 Å². The van der Waals surface area contributed by atoms with E-state index in [0.717, 1.165) is 16.9 Å². The third-order valence-electron chi connectivity index (χ3n) is 2.41. The summed E-state index contributed by atoms with van der Waals surface area (Å²) in [6.45, 7) is 1.77. The fraction of sp³-hybridized carbons (Fsp3) is 0.455. The molecule has 2 N–H and O–H groups in total. The highest BCUT2D eigenvalue weighted by molar-refractivity contribution is 5.38. The van der Waals surface area contributed by atoms with E-state index in [1.807, 2.05) is 18.2 Å². The topological polar surface area (TPSA) is 53.7 Å². The Bertz CT molecular complexity index is 335. The zero-order valence-electron chi connectivity index (χ0n) is 8.73. The van der Waals surface area contributed by atoms with Crippen LogP contribution >= 0.6 is 0 Å². The molecule has 1 heterocycles. The van der Waals surface area contributed by atoms with Crippen LogP contribution in [0.2, 0.25) is 0 Å². The Morgan fingerprint density at radius 2 is 2.13 bits per heavy atom. The molecule has 0 atom stereocenters. The zero-order valence-corrected chi connectivity index (χ0v) is 8.73. The molecule has 2 rings (SSSR count). The van der Waals surface area contributed by atoms with Crippen LogP contribution in [0.4, 0.5) is 0 Å². The maximum atomic E-state index is 5.56. The average molecular weight is 209 g/mol. The third kappa shape index (κ3) is 2.12.